The van der Waals surface area contributed by atoms with Gasteiger partial charge in [0.15, 0.2) is 0 Å². The second kappa shape index (κ2) is 8.66. The van der Waals surface area contributed by atoms with Crippen LogP contribution in [0.4, 0.5) is 5.82 Å². The van der Waals surface area contributed by atoms with Gasteiger partial charge in [0.2, 0.25) is 5.91 Å². The molecule has 10 heteroatoms. The molecule has 1 aromatic carbocycles. The van der Waals surface area contributed by atoms with Crippen LogP contribution in [-0.4, -0.2) is 45.5 Å². The maximum absolute atomic E-state index is 13.2. The fourth-order valence-corrected chi connectivity index (χ4v) is 3.86. The van der Waals surface area contributed by atoms with Crippen molar-refractivity contribution in [1.82, 2.24) is 14.9 Å². The first kappa shape index (κ1) is 21.3. The number of pyridine rings is 1. The van der Waals surface area contributed by atoms with Crippen LogP contribution in [0.2, 0.25) is 10.0 Å². The summed E-state index contributed by atoms with van der Waals surface area (Å²) in [7, 11) is 0. The molecule has 0 bridgehead atoms. The molecule has 0 atom stereocenters. The molecule has 1 aliphatic carbocycles. The molecule has 0 aliphatic heterocycles. The smallest absolute Gasteiger partial charge is 0.265 e. The Balaban J connectivity index is 1.66. The summed E-state index contributed by atoms with van der Waals surface area (Å²) in [5.41, 5.74) is 0.745. The highest BCUT2D eigenvalue weighted by Crippen LogP contribution is 2.32. The van der Waals surface area contributed by atoms with Crippen LogP contribution in [0.5, 0.6) is 0 Å². The van der Waals surface area contributed by atoms with E-state index in [1.807, 2.05) is 0 Å². The number of amides is 2. The lowest BCUT2D eigenvalue weighted by Crippen LogP contribution is -2.26. The quantitative estimate of drug-likeness (QED) is 0.522. The highest BCUT2D eigenvalue weighted by atomic mass is 35.5. The molecule has 2 heterocycles. The van der Waals surface area contributed by atoms with Crippen molar-refractivity contribution in [3.63, 3.8) is 0 Å². The van der Waals surface area contributed by atoms with E-state index in [2.05, 4.69) is 15.6 Å². The lowest BCUT2D eigenvalue weighted by Gasteiger charge is -2.11. The van der Waals surface area contributed by atoms with Crippen LogP contribution in [0.15, 0.2) is 36.7 Å². The van der Waals surface area contributed by atoms with Crippen molar-refractivity contribution in [2.75, 3.05) is 18.5 Å². The van der Waals surface area contributed by atoms with Gasteiger partial charge in [-0.3, -0.25) is 19.0 Å². The number of aliphatic hydroxyl groups excluding tert-OH is 1. The molecule has 8 nitrogen and oxygen atoms in total. The number of carbonyl (C=O) groups excluding carboxylic acids is 3. The van der Waals surface area contributed by atoms with E-state index in [0.29, 0.717) is 16.7 Å². The third-order valence-electron chi connectivity index (χ3n) is 4.94. The standard InChI is InChI=1S/C21H18Cl2N4O4/c22-14-9-12(19(29)25-6-8-28)10-15(23)17(14)21(31)27-7-4-13-16(27)3-5-24-18(13)26-20(30)11-1-2-11/h3-5,7,9-11,28H,1-2,6,8H2,(H,25,29)(H,24,26,30). The molecule has 0 spiro atoms. The molecule has 1 saturated carbocycles. The normalized spacial score (nSPS) is 13.3. The van der Waals surface area contributed by atoms with Crippen LogP contribution < -0.4 is 10.6 Å². The van der Waals surface area contributed by atoms with E-state index in [1.165, 1.54) is 22.9 Å². The van der Waals surface area contributed by atoms with Gasteiger partial charge in [0.05, 0.1) is 27.7 Å². The molecule has 2 aromatic heterocycles. The van der Waals surface area contributed by atoms with Crippen molar-refractivity contribution in [3.05, 3.63) is 57.8 Å². The van der Waals surface area contributed by atoms with Crippen molar-refractivity contribution in [3.8, 4) is 0 Å². The van der Waals surface area contributed by atoms with Gasteiger partial charge in [0, 0.05) is 35.8 Å². The van der Waals surface area contributed by atoms with Gasteiger partial charge in [-0.1, -0.05) is 23.2 Å². The highest BCUT2D eigenvalue weighted by molar-refractivity contribution is 6.40. The number of fused-ring (bicyclic) bond motifs is 1. The molecule has 0 unspecified atom stereocenters. The zero-order chi connectivity index (χ0) is 22.1. The molecule has 0 saturated heterocycles. The van der Waals surface area contributed by atoms with Crippen LogP contribution in [0.3, 0.4) is 0 Å². The van der Waals surface area contributed by atoms with Crippen molar-refractivity contribution >= 4 is 57.6 Å². The molecule has 1 fully saturated rings. The third-order valence-corrected chi connectivity index (χ3v) is 5.54. The molecule has 31 heavy (non-hydrogen) atoms. The van der Waals surface area contributed by atoms with Crippen molar-refractivity contribution in [2.24, 2.45) is 5.92 Å². The number of carbonyl (C=O) groups is 3. The second-order valence-electron chi connectivity index (χ2n) is 7.14. The summed E-state index contributed by atoms with van der Waals surface area (Å²) in [4.78, 5) is 41.7. The predicted molar refractivity (Wildman–Crippen MR) is 117 cm³/mol. The van der Waals surface area contributed by atoms with Crippen LogP contribution in [-0.2, 0) is 4.79 Å². The Bertz CT molecular complexity index is 1180. The Kier molecular flexibility index (Phi) is 5.95. The number of aliphatic hydroxyl groups is 1. The average molecular weight is 461 g/mol. The van der Waals surface area contributed by atoms with E-state index in [9.17, 15) is 14.4 Å². The van der Waals surface area contributed by atoms with Crippen molar-refractivity contribution < 1.29 is 19.5 Å². The molecule has 3 N–H and O–H groups in total. The Morgan fingerprint density at radius 2 is 1.87 bits per heavy atom. The van der Waals surface area contributed by atoms with Crippen molar-refractivity contribution in [1.29, 1.82) is 0 Å². The Morgan fingerprint density at radius 3 is 2.52 bits per heavy atom. The number of hydrogen-bond donors (Lipinski definition) is 3. The minimum absolute atomic E-state index is 0.0183. The molecule has 160 valence electrons. The number of halogens is 2. The van der Waals surface area contributed by atoms with E-state index >= 15 is 0 Å². The summed E-state index contributed by atoms with van der Waals surface area (Å²) in [5.74, 6) is -0.635. The number of aromatic nitrogens is 2. The fourth-order valence-electron chi connectivity index (χ4n) is 3.21. The van der Waals surface area contributed by atoms with E-state index in [-0.39, 0.29) is 46.1 Å². The Morgan fingerprint density at radius 1 is 1.16 bits per heavy atom. The topological polar surface area (TPSA) is 113 Å². The van der Waals surface area contributed by atoms with Crippen LogP contribution >= 0.6 is 23.2 Å². The number of nitrogens with one attached hydrogen (secondary N) is 2. The monoisotopic (exact) mass is 460 g/mol. The molecular formula is C21H18Cl2N4O4. The van der Waals surface area contributed by atoms with Gasteiger partial charge < -0.3 is 15.7 Å². The Labute approximate surface area is 187 Å². The van der Waals surface area contributed by atoms with E-state index in [1.54, 1.807) is 18.3 Å². The van der Waals surface area contributed by atoms with E-state index < -0.39 is 11.8 Å². The SMILES string of the molecule is O=C(NCCO)c1cc(Cl)c(C(=O)n2ccc3c(NC(=O)C4CC4)nccc32)c(Cl)c1. The summed E-state index contributed by atoms with van der Waals surface area (Å²) < 4.78 is 1.36. The first-order chi connectivity index (χ1) is 14.9. The summed E-state index contributed by atoms with van der Waals surface area (Å²) in [5, 5.41) is 14.8. The first-order valence-electron chi connectivity index (χ1n) is 9.60. The van der Waals surface area contributed by atoms with Gasteiger partial charge in [0.25, 0.3) is 11.8 Å². The van der Waals surface area contributed by atoms with Gasteiger partial charge in [-0.05, 0) is 37.1 Å². The molecule has 4 rings (SSSR count). The molecule has 0 radical (unpaired) electrons. The van der Waals surface area contributed by atoms with E-state index in [4.69, 9.17) is 28.3 Å². The van der Waals surface area contributed by atoms with Gasteiger partial charge in [-0.15, -0.1) is 0 Å². The maximum Gasteiger partial charge on any atom is 0.265 e. The van der Waals surface area contributed by atoms with Crippen LogP contribution in [0.25, 0.3) is 10.9 Å². The van der Waals surface area contributed by atoms with Crippen LogP contribution in [0, 0.1) is 5.92 Å². The van der Waals surface area contributed by atoms with Crippen molar-refractivity contribution in [2.45, 2.75) is 12.8 Å². The molecule has 3 aromatic rings. The number of benzene rings is 1. The summed E-state index contributed by atoms with van der Waals surface area (Å²) >= 11 is 12.6. The highest BCUT2D eigenvalue weighted by Gasteiger charge is 2.30. The lowest BCUT2D eigenvalue weighted by molar-refractivity contribution is -0.117. The molecular weight excluding hydrogens is 443 g/mol. The van der Waals surface area contributed by atoms with Gasteiger partial charge in [-0.2, -0.15) is 0 Å². The number of rotatable bonds is 6. The van der Waals surface area contributed by atoms with Crippen LogP contribution in [0.1, 0.15) is 33.6 Å². The Hall–Kier alpha value is -2.94. The number of nitrogens with zero attached hydrogens (tertiary/aromatic N) is 2. The number of anilines is 1. The predicted octanol–water partition coefficient (Wildman–Crippen LogP) is 3.10. The lowest BCUT2D eigenvalue weighted by atomic mass is 10.1. The zero-order valence-corrected chi connectivity index (χ0v) is 17.7. The average Bonchev–Trinajstić information content (AvgIpc) is 3.50. The first-order valence-corrected chi connectivity index (χ1v) is 10.4. The summed E-state index contributed by atoms with van der Waals surface area (Å²) in [6, 6.07) is 6.03. The minimum Gasteiger partial charge on any atom is -0.395 e. The third kappa shape index (κ3) is 4.27. The molecule has 1 aliphatic rings. The van der Waals surface area contributed by atoms with E-state index in [0.717, 1.165) is 12.8 Å². The summed E-state index contributed by atoms with van der Waals surface area (Å²) in [6.07, 6.45) is 4.79. The largest absolute Gasteiger partial charge is 0.395 e. The zero-order valence-electron chi connectivity index (χ0n) is 16.2. The van der Waals surface area contributed by atoms with Gasteiger partial charge in [0.1, 0.15) is 5.82 Å². The fraction of sp³-hybridized carbons (Fsp3) is 0.238. The second-order valence-corrected chi connectivity index (χ2v) is 7.96. The van der Waals surface area contributed by atoms with Gasteiger partial charge >= 0.3 is 0 Å². The number of hydrogen-bond acceptors (Lipinski definition) is 5. The molecule has 2 amide bonds. The minimum atomic E-state index is -0.488. The maximum atomic E-state index is 13.2. The van der Waals surface area contributed by atoms with Gasteiger partial charge in [-0.25, -0.2) is 4.98 Å². The summed E-state index contributed by atoms with van der Waals surface area (Å²) in [6.45, 7) is -0.125.